The van der Waals surface area contributed by atoms with E-state index < -0.39 is 14.9 Å². The molecule has 0 N–H and O–H groups in total. The Balaban J connectivity index is 1.52. The molecule has 11 heteroatoms. The smallest absolute Gasteiger partial charge is 0.270 e. The van der Waals surface area contributed by atoms with Gasteiger partial charge in [0.05, 0.1) is 29.5 Å². The Labute approximate surface area is 224 Å². The first-order chi connectivity index (χ1) is 18.4. The van der Waals surface area contributed by atoms with E-state index in [0.29, 0.717) is 43.2 Å². The van der Waals surface area contributed by atoms with Crippen LogP contribution < -0.4 is 9.80 Å². The van der Waals surface area contributed by atoms with Crippen molar-refractivity contribution in [1.82, 2.24) is 4.31 Å². The summed E-state index contributed by atoms with van der Waals surface area (Å²) < 4.78 is 34.4. The molecule has 0 unspecified atom stereocenters. The Morgan fingerprint density at radius 3 is 2.05 bits per heavy atom. The maximum Gasteiger partial charge on any atom is 0.270 e. The molecule has 0 amide bonds. The van der Waals surface area contributed by atoms with Crippen LogP contribution in [-0.2, 0) is 14.8 Å². The van der Waals surface area contributed by atoms with Crippen molar-refractivity contribution in [2.75, 3.05) is 62.3 Å². The number of benzene rings is 2. The van der Waals surface area contributed by atoms with Crippen molar-refractivity contribution in [3.8, 4) is 0 Å². The summed E-state index contributed by atoms with van der Waals surface area (Å²) in [5.41, 5.74) is 2.76. The van der Waals surface area contributed by atoms with Gasteiger partial charge < -0.3 is 14.5 Å². The number of sulfonamides is 1. The number of piperidine rings is 2. The number of nitrogens with zero attached hydrogens (tertiary/aromatic N) is 5. The van der Waals surface area contributed by atoms with Crippen molar-refractivity contribution in [2.45, 2.75) is 43.4 Å². The largest absolute Gasteiger partial charge is 0.379 e. The third kappa shape index (κ3) is 5.84. The molecule has 2 aromatic rings. The molecule has 3 heterocycles. The normalized spacial score (nSPS) is 19.7. The Morgan fingerprint density at radius 2 is 1.42 bits per heavy atom. The lowest BCUT2D eigenvalue weighted by molar-refractivity contribution is -0.384. The van der Waals surface area contributed by atoms with Crippen LogP contribution in [-0.4, -0.2) is 76.3 Å². The molecule has 0 aromatic heterocycles. The van der Waals surface area contributed by atoms with Crippen molar-refractivity contribution in [2.24, 2.45) is 4.99 Å². The van der Waals surface area contributed by atoms with Crippen LogP contribution in [0.5, 0.6) is 0 Å². The molecule has 0 bridgehead atoms. The molecule has 2 aromatic carbocycles. The van der Waals surface area contributed by atoms with E-state index in [-0.39, 0.29) is 10.6 Å². The third-order valence-corrected chi connectivity index (χ3v) is 9.43. The van der Waals surface area contributed by atoms with Crippen LogP contribution in [0.3, 0.4) is 0 Å². The van der Waals surface area contributed by atoms with Crippen LogP contribution in [0, 0.1) is 10.1 Å². The molecule has 0 saturated carbocycles. The van der Waals surface area contributed by atoms with Crippen LogP contribution in [0.15, 0.2) is 46.3 Å². The summed E-state index contributed by atoms with van der Waals surface area (Å²) in [5, 5.41) is 11.5. The van der Waals surface area contributed by atoms with Gasteiger partial charge in [-0.1, -0.05) is 0 Å². The Kier molecular flexibility index (Phi) is 8.25. The highest BCUT2D eigenvalue weighted by atomic mass is 32.2. The van der Waals surface area contributed by atoms with Gasteiger partial charge in [-0.05, 0) is 62.8 Å². The molecule has 204 valence electrons. The molecule has 5 rings (SSSR count). The van der Waals surface area contributed by atoms with Crippen molar-refractivity contribution in [3.63, 3.8) is 0 Å². The number of ether oxygens (including phenoxy) is 1. The summed E-state index contributed by atoms with van der Waals surface area (Å²) in [6.07, 6.45) is 8.16. The summed E-state index contributed by atoms with van der Waals surface area (Å²) in [6.45, 7) is 4.83. The molecule has 3 aliphatic heterocycles. The lowest BCUT2D eigenvalue weighted by Gasteiger charge is -2.32. The predicted octanol–water partition coefficient (Wildman–Crippen LogP) is 4.35. The van der Waals surface area contributed by atoms with E-state index in [4.69, 9.17) is 4.74 Å². The fourth-order valence-electron chi connectivity index (χ4n) is 5.44. The Morgan fingerprint density at radius 1 is 0.816 bits per heavy atom. The molecule has 0 atom stereocenters. The van der Waals surface area contributed by atoms with Crippen molar-refractivity contribution in [1.29, 1.82) is 0 Å². The summed E-state index contributed by atoms with van der Waals surface area (Å²) >= 11 is 0. The number of hydrogen-bond acceptors (Lipinski definition) is 8. The zero-order valence-corrected chi connectivity index (χ0v) is 22.4. The summed E-state index contributed by atoms with van der Waals surface area (Å²) in [7, 11) is -3.75. The Hall–Kier alpha value is -3.02. The fourth-order valence-corrected chi connectivity index (χ4v) is 7.08. The number of nitro benzene ring substituents is 1. The lowest BCUT2D eigenvalue weighted by atomic mass is 10.1. The molecule has 0 radical (unpaired) electrons. The van der Waals surface area contributed by atoms with Gasteiger partial charge in [-0.2, -0.15) is 4.31 Å². The monoisotopic (exact) mass is 541 g/mol. The van der Waals surface area contributed by atoms with E-state index in [0.717, 1.165) is 64.0 Å². The maximum atomic E-state index is 13.8. The second-order valence-corrected chi connectivity index (χ2v) is 11.9. The van der Waals surface area contributed by atoms with Crippen molar-refractivity contribution < 1.29 is 18.1 Å². The van der Waals surface area contributed by atoms with Gasteiger partial charge in [0.1, 0.15) is 4.90 Å². The Bertz CT molecular complexity index is 1280. The van der Waals surface area contributed by atoms with Crippen LogP contribution >= 0.6 is 0 Å². The molecular weight excluding hydrogens is 506 g/mol. The lowest BCUT2D eigenvalue weighted by Crippen LogP contribution is -2.41. The van der Waals surface area contributed by atoms with Crippen LogP contribution in [0.4, 0.5) is 22.7 Å². The average Bonchev–Trinajstić information content (AvgIpc) is 2.97. The maximum absolute atomic E-state index is 13.8. The summed E-state index contributed by atoms with van der Waals surface area (Å²) in [4.78, 5) is 20.3. The molecule has 0 aliphatic carbocycles. The van der Waals surface area contributed by atoms with Crippen LogP contribution in [0.2, 0.25) is 0 Å². The minimum Gasteiger partial charge on any atom is -0.379 e. The first kappa shape index (κ1) is 26.6. The van der Waals surface area contributed by atoms with E-state index in [1.165, 1.54) is 16.8 Å². The van der Waals surface area contributed by atoms with E-state index in [1.54, 1.807) is 24.4 Å². The topological polar surface area (TPSA) is 109 Å². The van der Waals surface area contributed by atoms with Gasteiger partial charge in [0.25, 0.3) is 5.69 Å². The number of morpholine rings is 1. The van der Waals surface area contributed by atoms with Gasteiger partial charge in [-0.15, -0.1) is 0 Å². The number of anilines is 2. The highest BCUT2D eigenvalue weighted by Gasteiger charge is 2.31. The highest BCUT2D eigenvalue weighted by Crippen LogP contribution is 2.34. The SMILES string of the molecule is O=[N+]([O-])c1ccc(N2CCCCC2)c(C=Nc2ccc(N3CCCCC3)c(S(=O)(=O)N3CCOCC3)c2)c1. The molecule has 0 spiro atoms. The number of nitro groups is 1. The quantitative estimate of drug-likeness (QED) is 0.291. The molecule has 3 fully saturated rings. The number of non-ortho nitro benzene ring substituents is 1. The van der Waals surface area contributed by atoms with Gasteiger partial charge in [-0.3, -0.25) is 15.1 Å². The molecule has 3 aliphatic rings. The second kappa shape index (κ2) is 11.8. The fraction of sp³-hybridized carbons (Fsp3) is 0.519. The number of rotatable bonds is 7. The minimum absolute atomic E-state index is 0.00300. The molecular formula is C27H35N5O5S. The zero-order valence-electron chi connectivity index (χ0n) is 21.6. The van der Waals surface area contributed by atoms with Crippen LogP contribution in [0.25, 0.3) is 0 Å². The first-order valence-corrected chi connectivity index (χ1v) is 14.9. The van der Waals surface area contributed by atoms with E-state index >= 15 is 0 Å². The third-order valence-electron chi connectivity index (χ3n) is 7.50. The minimum atomic E-state index is -3.75. The van der Waals surface area contributed by atoms with Gasteiger partial charge in [0, 0.05) is 68.9 Å². The second-order valence-electron chi connectivity index (χ2n) is 10.0. The molecule has 3 saturated heterocycles. The summed E-state index contributed by atoms with van der Waals surface area (Å²) in [5.74, 6) is 0. The standard InChI is InChI=1S/C27H35N5O5S/c33-32(34)24-8-10-25(29-11-3-1-4-12-29)22(19-24)21-28-23-7-9-26(30-13-5-2-6-14-30)27(20-23)38(35,36)31-15-17-37-18-16-31/h7-10,19-21H,1-6,11-18H2. The van der Waals surface area contributed by atoms with Gasteiger partial charge in [0.15, 0.2) is 0 Å². The van der Waals surface area contributed by atoms with Gasteiger partial charge in [-0.25, -0.2) is 8.42 Å². The van der Waals surface area contributed by atoms with Crippen molar-refractivity contribution >= 4 is 39.0 Å². The van der Waals surface area contributed by atoms with Crippen molar-refractivity contribution in [3.05, 3.63) is 52.1 Å². The summed E-state index contributed by atoms with van der Waals surface area (Å²) in [6, 6.07) is 10.2. The first-order valence-electron chi connectivity index (χ1n) is 13.5. The van der Waals surface area contributed by atoms with Gasteiger partial charge >= 0.3 is 0 Å². The highest BCUT2D eigenvalue weighted by molar-refractivity contribution is 7.89. The van der Waals surface area contributed by atoms with E-state index in [1.807, 2.05) is 12.1 Å². The van der Waals surface area contributed by atoms with E-state index in [2.05, 4.69) is 14.8 Å². The van der Waals surface area contributed by atoms with E-state index in [9.17, 15) is 18.5 Å². The number of aliphatic imine (C=N–C) groups is 1. The molecule has 38 heavy (non-hydrogen) atoms. The van der Waals surface area contributed by atoms with Crippen LogP contribution in [0.1, 0.15) is 44.1 Å². The zero-order chi connectivity index (χ0) is 26.5. The average molecular weight is 542 g/mol. The number of hydrogen-bond donors (Lipinski definition) is 0. The van der Waals surface area contributed by atoms with Gasteiger partial charge in [0.2, 0.25) is 10.0 Å². The molecule has 10 nitrogen and oxygen atoms in total. The predicted molar refractivity (Wildman–Crippen MR) is 148 cm³/mol.